The summed E-state index contributed by atoms with van der Waals surface area (Å²) in [5, 5.41) is 18.8. The van der Waals surface area contributed by atoms with E-state index in [-0.39, 0.29) is 17.4 Å². The molecule has 29 heavy (non-hydrogen) atoms. The molecule has 1 aromatic carbocycles. The number of rotatable bonds is 5. The van der Waals surface area contributed by atoms with Crippen molar-refractivity contribution in [1.29, 1.82) is 0 Å². The van der Waals surface area contributed by atoms with Crippen molar-refractivity contribution in [2.24, 2.45) is 0 Å². The Morgan fingerprint density at radius 2 is 2.03 bits per heavy atom. The molecule has 3 aromatic rings. The number of amides is 1. The van der Waals surface area contributed by atoms with E-state index in [1.807, 2.05) is 10.9 Å². The molecule has 1 atom stereocenters. The van der Waals surface area contributed by atoms with Crippen LogP contribution in [0.15, 0.2) is 36.8 Å². The van der Waals surface area contributed by atoms with Gasteiger partial charge in [0, 0.05) is 17.7 Å². The second-order valence-corrected chi connectivity index (χ2v) is 8.59. The Morgan fingerprint density at radius 1 is 1.24 bits per heavy atom. The van der Waals surface area contributed by atoms with Crippen molar-refractivity contribution in [2.45, 2.75) is 64.5 Å². The zero-order valence-electron chi connectivity index (χ0n) is 17.2. The number of aromatic nitrogens is 6. The summed E-state index contributed by atoms with van der Waals surface area (Å²) in [5.74, 6) is 0.000583. The van der Waals surface area contributed by atoms with E-state index in [2.05, 4.69) is 71.0 Å². The predicted octanol–water partition coefficient (Wildman–Crippen LogP) is 2.74. The summed E-state index contributed by atoms with van der Waals surface area (Å²) in [6.07, 6.45) is 6.68. The van der Waals surface area contributed by atoms with Crippen LogP contribution in [-0.2, 0) is 23.2 Å². The molecule has 1 aliphatic rings. The molecule has 0 bridgehead atoms. The van der Waals surface area contributed by atoms with E-state index < -0.39 is 0 Å². The highest BCUT2D eigenvalue weighted by Gasteiger charge is 2.26. The van der Waals surface area contributed by atoms with Crippen molar-refractivity contribution in [3.8, 4) is 5.69 Å². The van der Waals surface area contributed by atoms with Gasteiger partial charge in [-0.25, -0.2) is 9.36 Å². The van der Waals surface area contributed by atoms with Gasteiger partial charge in [0.2, 0.25) is 5.91 Å². The molecule has 0 unspecified atom stereocenters. The van der Waals surface area contributed by atoms with E-state index in [1.165, 1.54) is 17.6 Å². The van der Waals surface area contributed by atoms with Gasteiger partial charge < -0.3 is 5.32 Å². The zero-order chi connectivity index (χ0) is 20.4. The minimum atomic E-state index is 0.000583. The first-order chi connectivity index (χ1) is 13.9. The van der Waals surface area contributed by atoms with Gasteiger partial charge in [0.25, 0.3) is 0 Å². The van der Waals surface area contributed by atoms with Crippen LogP contribution in [0.1, 0.15) is 62.9 Å². The molecule has 1 N–H and O–H groups in total. The maximum atomic E-state index is 12.4. The second kappa shape index (κ2) is 7.77. The molecule has 4 rings (SSSR count). The number of aryl methyl sites for hydroxylation is 1. The SMILES string of the molecule is CC(C)(C)c1ccc(-n2ncc3c2CCC[C@H]3NC(=O)CCn2cnnn2)cc1. The first-order valence-corrected chi connectivity index (χ1v) is 10.1. The Labute approximate surface area is 170 Å². The molecular weight excluding hydrogens is 366 g/mol. The maximum absolute atomic E-state index is 12.4. The average molecular weight is 393 g/mol. The van der Waals surface area contributed by atoms with Crippen LogP contribution in [0.4, 0.5) is 0 Å². The van der Waals surface area contributed by atoms with Gasteiger partial charge in [-0.1, -0.05) is 32.9 Å². The van der Waals surface area contributed by atoms with Gasteiger partial charge >= 0.3 is 0 Å². The average Bonchev–Trinajstić information content (AvgIpc) is 3.36. The fourth-order valence-electron chi connectivity index (χ4n) is 3.80. The van der Waals surface area contributed by atoms with Gasteiger partial charge in [-0.05, 0) is 52.8 Å². The lowest BCUT2D eigenvalue weighted by atomic mass is 9.87. The fourth-order valence-corrected chi connectivity index (χ4v) is 3.80. The van der Waals surface area contributed by atoms with Crippen LogP contribution in [0.25, 0.3) is 5.69 Å². The molecule has 152 valence electrons. The molecule has 8 nitrogen and oxygen atoms in total. The van der Waals surface area contributed by atoms with Gasteiger partial charge in [-0.3, -0.25) is 4.79 Å². The number of tetrazole rings is 1. The molecule has 1 aliphatic carbocycles. The highest BCUT2D eigenvalue weighted by molar-refractivity contribution is 5.76. The fraction of sp³-hybridized carbons (Fsp3) is 0.476. The highest BCUT2D eigenvalue weighted by atomic mass is 16.1. The maximum Gasteiger partial charge on any atom is 0.222 e. The normalized spacial score (nSPS) is 16.4. The van der Waals surface area contributed by atoms with Crippen molar-refractivity contribution in [3.05, 3.63) is 53.6 Å². The number of carbonyl (C=O) groups is 1. The molecule has 0 aliphatic heterocycles. The Hall–Kier alpha value is -3.03. The lowest BCUT2D eigenvalue weighted by Gasteiger charge is -2.24. The van der Waals surface area contributed by atoms with Crippen LogP contribution in [0, 0.1) is 0 Å². The Morgan fingerprint density at radius 3 is 2.72 bits per heavy atom. The van der Waals surface area contributed by atoms with Gasteiger partial charge in [-0.15, -0.1) is 5.10 Å². The van der Waals surface area contributed by atoms with Crippen LogP contribution >= 0.6 is 0 Å². The Kier molecular flexibility index (Phi) is 5.17. The van der Waals surface area contributed by atoms with Gasteiger partial charge in [0.15, 0.2) is 0 Å². The van der Waals surface area contributed by atoms with E-state index in [0.717, 1.165) is 30.5 Å². The number of carbonyl (C=O) groups excluding carboxylic acids is 1. The molecule has 2 aromatic heterocycles. The van der Waals surface area contributed by atoms with Crippen molar-refractivity contribution in [1.82, 2.24) is 35.3 Å². The number of nitrogens with one attached hydrogen (secondary N) is 1. The van der Waals surface area contributed by atoms with E-state index in [1.54, 1.807) is 4.68 Å². The smallest absolute Gasteiger partial charge is 0.222 e. The molecular formula is C21H27N7O. The number of nitrogens with zero attached hydrogens (tertiary/aromatic N) is 6. The number of hydrogen-bond donors (Lipinski definition) is 1. The third-order valence-corrected chi connectivity index (χ3v) is 5.46. The third kappa shape index (κ3) is 4.21. The van der Waals surface area contributed by atoms with Crippen LogP contribution in [-0.4, -0.2) is 35.9 Å². The molecule has 1 amide bonds. The Balaban J connectivity index is 1.48. The summed E-state index contributed by atoms with van der Waals surface area (Å²) in [6.45, 7) is 7.11. The summed E-state index contributed by atoms with van der Waals surface area (Å²) in [4.78, 5) is 12.4. The summed E-state index contributed by atoms with van der Waals surface area (Å²) in [6, 6.07) is 8.60. The van der Waals surface area contributed by atoms with E-state index in [9.17, 15) is 4.79 Å². The lowest BCUT2D eigenvalue weighted by Crippen LogP contribution is -2.31. The zero-order valence-corrected chi connectivity index (χ0v) is 17.2. The Bertz CT molecular complexity index is 968. The minimum Gasteiger partial charge on any atom is -0.349 e. The summed E-state index contributed by atoms with van der Waals surface area (Å²) >= 11 is 0. The second-order valence-electron chi connectivity index (χ2n) is 8.59. The van der Waals surface area contributed by atoms with Crippen LogP contribution in [0.5, 0.6) is 0 Å². The molecule has 0 saturated carbocycles. The first kappa shape index (κ1) is 19.3. The molecule has 0 spiro atoms. The van der Waals surface area contributed by atoms with Crippen LogP contribution < -0.4 is 5.32 Å². The highest BCUT2D eigenvalue weighted by Crippen LogP contribution is 2.31. The minimum absolute atomic E-state index is 0.000583. The molecule has 0 saturated heterocycles. The standard InChI is InChI=1S/C21H27N7O/c1-21(2,3)15-7-9-16(10-8-15)28-19-6-4-5-18(17(19)13-23-28)24-20(29)11-12-27-14-22-25-26-27/h7-10,13-14,18H,4-6,11-12H2,1-3H3,(H,24,29)/t18-/m1/s1. The van der Waals surface area contributed by atoms with Crippen molar-refractivity contribution < 1.29 is 4.79 Å². The first-order valence-electron chi connectivity index (χ1n) is 10.1. The molecule has 0 fully saturated rings. The third-order valence-electron chi connectivity index (χ3n) is 5.46. The van der Waals surface area contributed by atoms with Crippen LogP contribution in [0.3, 0.4) is 0 Å². The summed E-state index contributed by atoms with van der Waals surface area (Å²) in [7, 11) is 0. The number of fused-ring (bicyclic) bond motifs is 1. The van der Waals surface area contributed by atoms with E-state index >= 15 is 0 Å². The van der Waals surface area contributed by atoms with Gasteiger partial charge in [0.1, 0.15) is 6.33 Å². The summed E-state index contributed by atoms with van der Waals surface area (Å²) in [5.41, 5.74) is 4.79. The monoisotopic (exact) mass is 393 g/mol. The largest absolute Gasteiger partial charge is 0.349 e. The number of hydrogen-bond acceptors (Lipinski definition) is 5. The predicted molar refractivity (Wildman–Crippen MR) is 109 cm³/mol. The molecule has 2 heterocycles. The van der Waals surface area contributed by atoms with Crippen molar-refractivity contribution in [2.75, 3.05) is 0 Å². The van der Waals surface area contributed by atoms with Gasteiger partial charge in [0.05, 0.1) is 24.5 Å². The van der Waals surface area contributed by atoms with Gasteiger partial charge in [-0.2, -0.15) is 5.10 Å². The topological polar surface area (TPSA) is 90.5 Å². The van der Waals surface area contributed by atoms with Crippen molar-refractivity contribution in [3.63, 3.8) is 0 Å². The van der Waals surface area contributed by atoms with E-state index in [0.29, 0.717) is 13.0 Å². The lowest BCUT2D eigenvalue weighted by molar-refractivity contribution is -0.122. The number of benzene rings is 1. The van der Waals surface area contributed by atoms with E-state index in [4.69, 9.17) is 0 Å². The quantitative estimate of drug-likeness (QED) is 0.720. The van der Waals surface area contributed by atoms with Crippen molar-refractivity contribution >= 4 is 5.91 Å². The summed E-state index contributed by atoms with van der Waals surface area (Å²) < 4.78 is 3.58. The van der Waals surface area contributed by atoms with Crippen LogP contribution in [0.2, 0.25) is 0 Å². The molecule has 0 radical (unpaired) electrons. The molecule has 8 heteroatoms.